The Morgan fingerprint density at radius 1 is 1.63 bits per heavy atom. The number of carbonyl (C=O) groups is 1. The van der Waals surface area contributed by atoms with Crippen molar-refractivity contribution in [1.82, 2.24) is 4.98 Å². The van der Waals surface area contributed by atoms with Gasteiger partial charge in [-0.1, -0.05) is 0 Å². The molecule has 0 aromatic carbocycles. The molecule has 2 heterocycles. The Labute approximate surface area is 119 Å². The fourth-order valence-electron chi connectivity index (χ4n) is 2.30. The van der Waals surface area contributed by atoms with Gasteiger partial charge in [0.15, 0.2) is 0 Å². The van der Waals surface area contributed by atoms with Crippen LogP contribution in [0.25, 0.3) is 0 Å². The molecule has 19 heavy (non-hydrogen) atoms. The van der Waals surface area contributed by atoms with Gasteiger partial charge in [-0.05, 0) is 35.7 Å². The van der Waals surface area contributed by atoms with Gasteiger partial charge in [0.2, 0.25) is 5.82 Å². The van der Waals surface area contributed by atoms with E-state index in [0.29, 0.717) is 23.4 Å². The first kappa shape index (κ1) is 13.9. The highest BCUT2D eigenvalue weighted by atomic mass is 79.9. The minimum atomic E-state index is -0.440. The summed E-state index contributed by atoms with van der Waals surface area (Å²) in [6, 6.07) is 1.44. The second kappa shape index (κ2) is 5.64. The molecular weight excluding hydrogens is 314 g/mol. The number of anilines is 1. The Morgan fingerprint density at radius 2 is 2.37 bits per heavy atom. The maximum atomic E-state index is 11.5. The van der Waals surface area contributed by atoms with E-state index in [1.54, 1.807) is 13.1 Å². The lowest BCUT2D eigenvalue weighted by molar-refractivity contribution is -0.384. The number of carbonyl (C=O) groups excluding carboxylic acids is 1. The van der Waals surface area contributed by atoms with Gasteiger partial charge >= 0.3 is 5.69 Å². The maximum absolute atomic E-state index is 11.5. The van der Waals surface area contributed by atoms with Crippen molar-refractivity contribution in [2.24, 2.45) is 5.92 Å². The Morgan fingerprint density at radius 3 is 3.00 bits per heavy atom. The average molecular weight is 328 g/mol. The van der Waals surface area contributed by atoms with Gasteiger partial charge < -0.3 is 4.90 Å². The van der Waals surface area contributed by atoms with Crippen molar-refractivity contribution in [3.63, 3.8) is 0 Å². The highest BCUT2D eigenvalue weighted by molar-refractivity contribution is 9.10. The van der Waals surface area contributed by atoms with E-state index in [0.717, 1.165) is 12.8 Å². The summed E-state index contributed by atoms with van der Waals surface area (Å²) >= 11 is 3.18. The molecule has 1 unspecified atom stereocenters. The minimum Gasteiger partial charge on any atom is -0.350 e. The van der Waals surface area contributed by atoms with Crippen molar-refractivity contribution in [3.8, 4) is 0 Å². The van der Waals surface area contributed by atoms with E-state index >= 15 is 0 Å². The summed E-state index contributed by atoms with van der Waals surface area (Å²) in [5.74, 6) is 0.419. The zero-order valence-electron chi connectivity index (χ0n) is 10.5. The van der Waals surface area contributed by atoms with E-state index in [2.05, 4.69) is 20.9 Å². The molecule has 0 bridgehead atoms. The van der Waals surface area contributed by atoms with Crippen molar-refractivity contribution < 1.29 is 9.72 Å². The molecule has 1 atom stereocenters. The van der Waals surface area contributed by atoms with E-state index < -0.39 is 4.92 Å². The van der Waals surface area contributed by atoms with Gasteiger partial charge in [0.05, 0.1) is 4.92 Å². The molecule has 1 aromatic rings. The van der Waals surface area contributed by atoms with Crippen molar-refractivity contribution in [1.29, 1.82) is 0 Å². The van der Waals surface area contributed by atoms with Gasteiger partial charge in [-0.3, -0.25) is 14.9 Å². The largest absolute Gasteiger partial charge is 0.350 e. The third-order valence-corrected chi connectivity index (χ3v) is 3.74. The molecule has 1 aromatic heterocycles. The van der Waals surface area contributed by atoms with Crippen LogP contribution >= 0.6 is 15.9 Å². The number of hydrogen-bond donors (Lipinski definition) is 0. The molecule has 0 amide bonds. The molecule has 2 rings (SSSR count). The summed E-state index contributed by atoms with van der Waals surface area (Å²) in [5.41, 5.74) is -0.0291. The van der Waals surface area contributed by atoms with Gasteiger partial charge in [-0.25, -0.2) is 4.98 Å². The molecule has 6 nitrogen and oxygen atoms in total. The summed E-state index contributed by atoms with van der Waals surface area (Å²) in [6.45, 7) is 2.77. The molecule has 0 spiro atoms. The highest BCUT2D eigenvalue weighted by Crippen LogP contribution is 2.31. The number of halogens is 1. The average Bonchev–Trinajstić information content (AvgIpc) is 2.38. The Bertz CT molecular complexity index is 521. The number of pyridine rings is 1. The lowest BCUT2D eigenvalue weighted by atomic mass is 9.94. The third kappa shape index (κ3) is 3.09. The lowest BCUT2D eigenvalue weighted by Crippen LogP contribution is -2.38. The number of hydrogen-bond acceptors (Lipinski definition) is 5. The highest BCUT2D eigenvalue weighted by Gasteiger charge is 2.28. The first-order chi connectivity index (χ1) is 8.99. The van der Waals surface area contributed by atoms with Crippen molar-refractivity contribution in [2.75, 3.05) is 18.0 Å². The molecule has 1 aliphatic heterocycles. The molecular formula is C12H14BrN3O3. The molecule has 0 N–H and O–H groups in total. The number of nitrogens with zero attached hydrogens (tertiary/aromatic N) is 3. The number of ketones is 1. The van der Waals surface area contributed by atoms with Crippen LogP contribution in [0.2, 0.25) is 0 Å². The topological polar surface area (TPSA) is 76.3 Å². The smallest absolute Gasteiger partial charge is 0.312 e. The number of aromatic nitrogens is 1. The Kier molecular flexibility index (Phi) is 4.14. The van der Waals surface area contributed by atoms with Gasteiger partial charge in [0.25, 0.3) is 0 Å². The van der Waals surface area contributed by atoms with Crippen LogP contribution in [0.15, 0.2) is 16.7 Å². The lowest BCUT2D eigenvalue weighted by Gasteiger charge is -2.31. The fraction of sp³-hybridized carbons (Fsp3) is 0.500. The second-order valence-corrected chi connectivity index (χ2v) is 5.56. The van der Waals surface area contributed by atoms with E-state index in [9.17, 15) is 14.9 Å². The minimum absolute atomic E-state index is 0.0291. The summed E-state index contributed by atoms with van der Waals surface area (Å²) in [6.07, 6.45) is 3.23. The monoisotopic (exact) mass is 327 g/mol. The van der Waals surface area contributed by atoms with Crippen molar-refractivity contribution >= 4 is 33.2 Å². The van der Waals surface area contributed by atoms with Crippen LogP contribution < -0.4 is 4.90 Å². The van der Waals surface area contributed by atoms with Gasteiger partial charge in [-0.2, -0.15) is 0 Å². The predicted octanol–water partition coefficient (Wildman–Crippen LogP) is 2.56. The Hall–Kier alpha value is -1.50. The molecule has 1 fully saturated rings. The van der Waals surface area contributed by atoms with Crippen LogP contribution in [0.3, 0.4) is 0 Å². The van der Waals surface area contributed by atoms with Crippen molar-refractivity contribution in [3.05, 3.63) is 26.9 Å². The second-order valence-electron chi connectivity index (χ2n) is 4.65. The molecule has 0 radical (unpaired) electrons. The van der Waals surface area contributed by atoms with Crippen LogP contribution in [0.1, 0.15) is 19.8 Å². The van der Waals surface area contributed by atoms with Crippen LogP contribution in [0, 0.1) is 16.0 Å². The number of rotatable bonds is 3. The molecule has 1 aliphatic rings. The third-order valence-electron chi connectivity index (χ3n) is 3.31. The van der Waals surface area contributed by atoms with Gasteiger partial charge in [0.1, 0.15) is 5.78 Å². The van der Waals surface area contributed by atoms with E-state index in [4.69, 9.17) is 0 Å². The zero-order chi connectivity index (χ0) is 14.0. The van der Waals surface area contributed by atoms with E-state index in [1.165, 1.54) is 6.07 Å². The van der Waals surface area contributed by atoms with Gasteiger partial charge in [0, 0.05) is 35.7 Å². The van der Waals surface area contributed by atoms with Crippen LogP contribution in [0.4, 0.5) is 11.5 Å². The summed E-state index contributed by atoms with van der Waals surface area (Å²) in [4.78, 5) is 28.1. The number of Topliss-reactive ketones (excluding diaryl/α,β-unsaturated/α-hetero) is 1. The van der Waals surface area contributed by atoms with Crippen LogP contribution in [-0.4, -0.2) is 28.8 Å². The van der Waals surface area contributed by atoms with Crippen LogP contribution in [0.5, 0.6) is 0 Å². The quantitative estimate of drug-likeness (QED) is 0.629. The number of nitro groups is 1. The molecule has 7 heteroatoms. The number of piperidine rings is 1. The summed E-state index contributed by atoms with van der Waals surface area (Å²) in [5, 5.41) is 11.1. The van der Waals surface area contributed by atoms with E-state index in [-0.39, 0.29) is 17.4 Å². The van der Waals surface area contributed by atoms with E-state index in [1.807, 2.05) is 4.90 Å². The molecule has 0 aliphatic carbocycles. The predicted molar refractivity (Wildman–Crippen MR) is 74.2 cm³/mol. The van der Waals surface area contributed by atoms with Crippen molar-refractivity contribution in [2.45, 2.75) is 19.8 Å². The first-order valence-corrected chi connectivity index (χ1v) is 6.83. The molecule has 102 valence electrons. The SMILES string of the molecule is CC(=O)C1CCCN(c2ncc(Br)cc2[N+](=O)[O-])C1. The summed E-state index contributed by atoms with van der Waals surface area (Å²) < 4.78 is 0.572. The Balaban J connectivity index is 2.30. The first-order valence-electron chi connectivity index (χ1n) is 6.04. The molecule has 1 saturated heterocycles. The molecule has 0 saturated carbocycles. The van der Waals surface area contributed by atoms with Gasteiger partial charge in [-0.15, -0.1) is 0 Å². The fourth-order valence-corrected chi connectivity index (χ4v) is 2.62. The van der Waals surface area contributed by atoms with Crippen LogP contribution in [-0.2, 0) is 4.79 Å². The zero-order valence-corrected chi connectivity index (χ0v) is 12.1. The maximum Gasteiger partial charge on any atom is 0.312 e. The normalized spacial score (nSPS) is 19.3. The standard InChI is InChI=1S/C12H14BrN3O3/c1-8(17)9-3-2-4-15(7-9)12-11(16(18)19)5-10(13)6-14-12/h5-6,9H,2-4,7H2,1H3. The summed E-state index contributed by atoms with van der Waals surface area (Å²) in [7, 11) is 0.